The number of hydrogen-bond donors (Lipinski definition) is 4. The van der Waals surface area contributed by atoms with Crippen molar-refractivity contribution >= 4 is 17.8 Å². The van der Waals surface area contributed by atoms with Crippen LogP contribution in [0, 0.1) is 17.8 Å². The Bertz CT molecular complexity index is 711. The SMILES string of the molecule is O=C(CCNC(=O)NC12CC3CC(CC(C3)C1)C2)NCCNC(=O)c1ccco1. The van der Waals surface area contributed by atoms with Gasteiger partial charge in [-0.1, -0.05) is 0 Å². The number of carbonyl (C=O) groups excluding carboxylic acids is 3. The summed E-state index contributed by atoms with van der Waals surface area (Å²) < 4.78 is 4.99. The zero-order valence-corrected chi connectivity index (χ0v) is 16.7. The molecule has 0 radical (unpaired) electrons. The lowest BCUT2D eigenvalue weighted by Crippen LogP contribution is -2.61. The Balaban J connectivity index is 1.09. The molecule has 0 saturated heterocycles. The molecule has 0 aromatic carbocycles. The molecule has 8 nitrogen and oxygen atoms in total. The van der Waals surface area contributed by atoms with E-state index in [0.29, 0.717) is 19.6 Å². The lowest BCUT2D eigenvalue weighted by molar-refractivity contribution is -0.120. The van der Waals surface area contributed by atoms with Gasteiger partial charge in [-0.15, -0.1) is 0 Å². The van der Waals surface area contributed by atoms with Crippen molar-refractivity contribution in [2.45, 2.75) is 50.5 Å². The van der Waals surface area contributed by atoms with Crippen molar-refractivity contribution < 1.29 is 18.8 Å². The molecule has 0 unspecified atom stereocenters. The quantitative estimate of drug-likeness (QED) is 0.497. The Labute approximate surface area is 170 Å². The van der Waals surface area contributed by atoms with E-state index >= 15 is 0 Å². The van der Waals surface area contributed by atoms with E-state index in [4.69, 9.17) is 4.42 Å². The maximum Gasteiger partial charge on any atom is 0.315 e. The lowest BCUT2D eigenvalue weighted by Gasteiger charge is -2.56. The highest BCUT2D eigenvalue weighted by molar-refractivity contribution is 5.91. The summed E-state index contributed by atoms with van der Waals surface area (Å²) in [5, 5.41) is 11.4. The molecular weight excluding hydrogens is 372 g/mol. The number of amides is 4. The molecule has 4 fully saturated rings. The van der Waals surface area contributed by atoms with Gasteiger partial charge in [0.25, 0.3) is 5.91 Å². The van der Waals surface area contributed by atoms with E-state index in [9.17, 15) is 14.4 Å². The van der Waals surface area contributed by atoms with Crippen LogP contribution in [0.3, 0.4) is 0 Å². The van der Waals surface area contributed by atoms with Gasteiger partial charge in [0.15, 0.2) is 5.76 Å². The average molecular weight is 402 g/mol. The summed E-state index contributed by atoms with van der Waals surface area (Å²) >= 11 is 0. The number of furan rings is 1. The fraction of sp³-hybridized carbons (Fsp3) is 0.667. The molecule has 158 valence electrons. The molecule has 4 aliphatic carbocycles. The first-order valence-corrected chi connectivity index (χ1v) is 10.7. The summed E-state index contributed by atoms with van der Waals surface area (Å²) in [6.45, 7) is 0.929. The van der Waals surface area contributed by atoms with Crippen LogP contribution in [-0.2, 0) is 4.79 Å². The third-order valence-corrected chi connectivity index (χ3v) is 6.53. The smallest absolute Gasteiger partial charge is 0.315 e. The summed E-state index contributed by atoms with van der Waals surface area (Å²) in [6.07, 6.45) is 8.98. The van der Waals surface area contributed by atoms with E-state index in [-0.39, 0.29) is 35.6 Å². The molecule has 0 aliphatic heterocycles. The molecule has 4 bridgehead atoms. The zero-order valence-electron chi connectivity index (χ0n) is 16.7. The highest BCUT2D eigenvalue weighted by Crippen LogP contribution is 2.55. The topological polar surface area (TPSA) is 112 Å². The number of carbonyl (C=O) groups is 3. The number of hydrogen-bond acceptors (Lipinski definition) is 4. The lowest BCUT2D eigenvalue weighted by atomic mass is 9.53. The third-order valence-electron chi connectivity index (χ3n) is 6.53. The first-order chi connectivity index (χ1) is 14.0. The largest absolute Gasteiger partial charge is 0.459 e. The molecule has 0 spiro atoms. The van der Waals surface area contributed by atoms with Crippen LogP contribution in [0.15, 0.2) is 22.8 Å². The summed E-state index contributed by atoms with van der Waals surface area (Å²) in [7, 11) is 0. The van der Waals surface area contributed by atoms with Crippen molar-refractivity contribution in [2.75, 3.05) is 19.6 Å². The molecule has 1 heterocycles. The summed E-state index contributed by atoms with van der Waals surface area (Å²) in [6, 6.07) is 3.06. The normalized spacial score (nSPS) is 29.3. The number of urea groups is 1. The number of rotatable bonds is 8. The summed E-state index contributed by atoms with van der Waals surface area (Å²) in [4.78, 5) is 35.9. The fourth-order valence-corrected chi connectivity index (χ4v) is 5.80. The second kappa shape index (κ2) is 8.47. The highest BCUT2D eigenvalue weighted by atomic mass is 16.3. The Hall–Kier alpha value is -2.51. The van der Waals surface area contributed by atoms with Gasteiger partial charge in [-0.2, -0.15) is 0 Å². The van der Waals surface area contributed by atoms with Gasteiger partial charge in [-0.3, -0.25) is 9.59 Å². The molecule has 1 aromatic heterocycles. The zero-order chi connectivity index (χ0) is 20.3. The van der Waals surface area contributed by atoms with Crippen molar-refractivity contribution in [1.29, 1.82) is 0 Å². The van der Waals surface area contributed by atoms with Gasteiger partial charge in [-0.05, 0) is 68.4 Å². The van der Waals surface area contributed by atoms with Gasteiger partial charge in [-0.25, -0.2) is 4.79 Å². The monoisotopic (exact) mass is 402 g/mol. The Morgan fingerprint density at radius 2 is 1.59 bits per heavy atom. The van der Waals surface area contributed by atoms with Gasteiger partial charge >= 0.3 is 6.03 Å². The summed E-state index contributed by atoms with van der Waals surface area (Å²) in [5.41, 5.74) is -0.0205. The first-order valence-electron chi connectivity index (χ1n) is 10.7. The molecule has 4 aliphatic rings. The van der Waals surface area contributed by atoms with Crippen molar-refractivity contribution in [3.05, 3.63) is 24.2 Å². The van der Waals surface area contributed by atoms with Crippen molar-refractivity contribution in [2.24, 2.45) is 17.8 Å². The molecule has 4 saturated carbocycles. The van der Waals surface area contributed by atoms with Gasteiger partial charge in [0, 0.05) is 31.6 Å². The van der Waals surface area contributed by atoms with Crippen LogP contribution in [0.1, 0.15) is 55.5 Å². The molecule has 1 aromatic rings. The fourth-order valence-electron chi connectivity index (χ4n) is 5.80. The number of nitrogens with one attached hydrogen (secondary N) is 4. The maximum atomic E-state index is 12.3. The van der Waals surface area contributed by atoms with E-state index in [1.807, 2.05) is 0 Å². The van der Waals surface area contributed by atoms with E-state index in [0.717, 1.165) is 37.0 Å². The van der Waals surface area contributed by atoms with E-state index < -0.39 is 0 Å². The first kappa shape index (κ1) is 19.8. The van der Waals surface area contributed by atoms with E-state index in [1.165, 1.54) is 25.5 Å². The Morgan fingerprint density at radius 3 is 2.21 bits per heavy atom. The van der Waals surface area contributed by atoms with Gasteiger partial charge in [0.05, 0.1) is 6.26 Å². The molecule has 5 rings (SSSR count). The van der Waals surface area contributed by atoms with Crippen LogP contribution >= 0.6 is 0 Å². The van der Waals surface area contributed by atoms with E-state index in [2.05, 4.69) is 21.3 Å². The second-order valence-electron chi connectivity index (χ2n) is 8.91. The van der Waals surface area contributed by atoms with Crippen molar-refractivity contribution in [3.8, 4) is 0 Å². The van der Waals surface area contributed by atoms with Crippen LogP contribution < -0.4 is 21.3 Å². The second-order valence-corrected chi connectivity index (χ2v) is 8.91. The van der Waals surface area contributed by atoms with Crippen LogP contribution in [0.2, 0.25) is 0 Å². The standard InChI is InChI=1S/C21H30N4O4/c26-18(22-5-6-23-19(27)17-2-1-7-29-17)3-4-24-20(28)25-21-11-14-8-15(12-21)10-16(9-14)13-21/h1-2,7,14-16H,3-6,8-13H2,(H,22,26)(H,23,27)(H2,24,25,28). The molecular formula is C21H30N4O4. The van der Waals surface area contributed by atoms with Crippen LogP contribution in [0.4, 0.5) is 4.79 Å². The van der Waals surface area contributed by atoms with E-state index in [1.54, 1.807) is 12.1 Å². The van der Waals surface area contributed by atoms with Crippen LogP contribution in [0.25, 0.3) is 0 Å². The molecule has 4 N–H and O–H groups in total. The minimum atomic E-state index is -0.313. The Morgan fingerprint density at radius 1 is 0.931 bits per heavy atom. The van der Waals surface area contributed by atoms with Crippen LogP contribution in [0.5, 0.6) is 0 Å². The summed E-state index contributed by atoms with van der Waals surface area (Å²) in [5.74, 6) is 2.10. The predicted molar refractivity (Wildman–Crippen MR) is 106 cm³/mol. The predicted octanol–water partition coefficient (Wildman–Crippen LogP) is 1.78. The average Bonchev–Trinajstić information content (AvgIpc) is 3.18. The van der Waals surface area contributed by atoms with Crippen LogP contribution in [-0.4, -0.2) is 43.0 Å². The van der Waals surface area contributed by atoms with Gasteiger partial charge in [0.2, 0.25) is 5.91 Å². The molecule has 29 heavy (non-hydrogen) atoms. The molecule has 0 atom stereocenters. The van der Waals surface area contributed by atoms with Crippen molar-refractivity contribution in [1.82, 2.24) is 21.3 Å². The third kappa shape index (κ3) is 4.92. The Kier molecular flexibility index (Phi) is 5.78. The maximum absolute atomic E-state index is 12.3. The highest BCUT2D eigenvalue weighted by Gasteiger charge is 2.51. The molecule has 8 heteroatoms. The molecule has 4 amide bonds. The minimum Gasteiger partial charge on any atom is -0.459 e. The van der Waals surface area contributed by atoms with Gasteiger partial charge in [0.1, 0.15) is 0 Å². The van der Waals surface area contributed by atoms with Gasteiger partial charge < -0.3 is 25.7 Å². The van der Waals surface area contributed by atoms with Crippen molar-refractivity contribution in [3.63, 3.8) is 0 Å². The minimum absolute atomic E-state index is 0.0205.